The lowest BCUT2D eigenvalue weighted by molar-refractivity contribution is -0.158. The molecule has 3 rings (SSSR count). The number of rotatable bonds is 4. The standard InChI is InChI=1S/C13H22N2O2/c16-12(7-14-11-3-1-2-4-11)15-8-13(17,9-15)10-5-6-10/h10-11,14,17H,1-9H2. The molecule has 2 aliphatic carbocycles. The molecule has 0 bridgehead atoms. The van der Waals surface area contributed by atoms with Gasteiger partial charge >= 0.3 is 0 Å². The molecule has 17 heavy (non-hydrogen) atoms. The highest BCUT2D eigenvalue weighted by Crippen LogP contribution is 2.44. The molecule has 0 atom stereocenters. The number of hydrogen-bond acceptors (Lipinski definition) is 3. The van der Waals surface area contributed by atoms with Crippen LogP contribution < -0.4 is 5.32 Å². The fourth-order valence-corrected chi connectivity index (χ4v) is 3.14. The molecular weight excluding hydrogens is 216 g/mol. The highest BCUT2D eigenvalue weighted by Gasteiger charge is 2.53. The average Bonchev–Trinajstić information content (AvgIpc) is 3.00. The first-order valence-electron chi connectivity index (χ1n) is 6.91. The van der Waals surface area contributed by atoms with Crippen LogP contribution in [0.4, 0.5) is 0 Å². The fraction of sp³-hybridized carbons (Fsp3) is 0.923. The van der Waals surface area contributed by atoms with Gasteiger partial charge in [0.05, 0.1) is 19.6 Å². The molecule has 0 aromatic heterocycles. The highest BCUT2D eigenvalue weighted by molar-refractivity contribution is 5.79. The molecule has 2 saturated carbocycles. The van der Waals surface area contributed by atoms with Gasteiger partial charge in [-0.15, -0.1) is 0 Å². The monoisotopic (exact) mass is 238 g/mol. The Morgan fingerprint density at radius 2 is 1.88 bits per heavy atom. The number of nitrogens with zero attached hydrogens (tertiary/aromatic N) is 1. The molecule has 96 valence electrons. The third-order valence-corrected chi connectivity index (χ3v) is 4.52. The third-order valence-electron chi connectivity index (χ3n) is 4.52. The number of carbonyl (C=O) groups excluding carboxylic acids is 1. The molecule has 2 N–H and O–H groups in total. The van der Waals surface area contributed by atoms with E-state index in [-0.39, 0.29) is 5.91 Å². The van der Waals surface area contributed by atoms with Crippen molar-refractivity contribution in [2.45, 2.75) is 50.2 Å². The summed E-state index contributed by atoms with van der Waals surface area (Å²) in [5.41, 5.74) is -0.539. The number of β-amino-alcohol motifs (C(OH)–C–C–N with tert-alkyl or cyclic N) is 1. The topological polar surface area (TPSA) is 52.6 Å². The molecule has 0 unspecified atom stereocenters. The molecule has 1 aliphatic heterocycles. The van der Waals surface area contributed by atoms with E-state index in [9.17, 15) is 9.90 Å². The first kappa shape index (κ1) is 11.5. The summed E-state index contributed by atoms with van der Waals surface area (Å²) in [5.74, 6) is 0.622. The number of hydrogen-bond donors (Lipinski definition) is 2. The number of carbonyl (C=O) groups is 1. The van der Waals surface area contributed by atoms with Gasteiger partial charge in [0.2, 0.25) is 5.91 Å². The van der Waals surface area contributed by atoms with Gasteiger partial charge in [0.1, 0.15) is 5.60 Å². The summed E-state index contributed by atoms with van der Waals surface area (Å²) in [6.07, 6.45) is 7.27. The zero-order valence-electron chi connectivity index (χ0n) is 10.3. The smallest absolute Gasteiger partial charge is 0.236 e. The quantitative estimate of drug-likeness (QED) is 0.750. The third kappa shape index (κ3) is 2.33. The Hall–Kier alpha value is -0.610. The Labute approximate surface area is 102 Å². The molecular formula is C13H22N2O2. The van der Waals surface area contributed by atoms with E-state index in [1.54, 1.807) is 4.90 Å². The van der Waals surface area contributed by atoms with Crippen LogP contribution in [0.5, 0.6) is 0 Å². The van der Waals surface area contributed by atoms with Crippen LogP contribution in [-0.2, 0) is 4.79 Å². The van der Waals surface area contributed by atoms with E-state index in [1.165, 1.54) is 25.7 Å². The lowest BCUT2D eigenvalue weighted by atomic mass is 9.88. The van der Waals surface area contributed by atoms with Gasteiger partial charge in [-0.25, -0.2) is 0 Å². The number of amides is 1. The van der Waals surface area contributed by atoms with Crippen molar-refractivity contribution in [3.05, 3.63) is 0 Å². The lowest BCUT2D eigenvalue weighted by Crippen LogP contribution is -2.65. The van der Waals surface area contributed by atoms with Gasteiger partial charge in [-0.05, 0) is 31.6 Å². The summed E-state index contributed by atoms with van der Waals surface area (Å²) in [4.78, 5) is 13.7. The van der Waals surface area contributed by atoms with Gasteiger partial charge in [-0.2, -0.15) is 0 Å². The van der Waals surface area contributed by atoms with Crippen LogP contribution in [0.2, 0.25) is 0 Å². The fourth-order valence-electron chi connectivity index (χ4n) is 3.14. The molecule has 1 heterocycles. The first-order chi connectivity index (χ1) is 8.17. The molecule has 4 nitrogen and oxygen atoms in total. The van der Waals surface area contributed by atoms with E-state index < -0.39 is 5.60 Å². The second-order valence-corrected chi connectivity index (χ2v) is 5.99. The summed E-state index contributed by atoms with van der Waals surface area (Å²) in [6.45, 7) is 1.57. The number of likely N-dealkylation sites (tertiary alicyclic amines) is 1. The van der Waals surface area contributed by atoms with Crippen molar-refractivity contribution in [2.24, 2.45) is 5.92 Å². The van der Waals surface area contributed by atoms with Crippen molar-refractivity contribution in [2.75, 3.05) is 19.6 Å². The largest absolute Gasteiger partial charge is 0.386 e. The summed E-state index contributed by atoms with van der Waals surface area (Å²) < 4.78 is 0. The van der Waals surface area contributed by atoms with Crippen molar-refractivity contribution < 1.29 is 9.90 Å². The van der Waals surface area contributed by atoms with E-state index in [1.807, 2.05) is 0 Å². The summed E-state index contributed by atoms with van der Waals surface area (Å²) in [6, 6.07) is 0.544. The minimum Gasteiger partial charge on any atom is -0.386 e. The van der Waals surface area contributed by atoms with E-state index in [0.717, 1.165) is 12.8 Å². The summed E-state index contributed by atoms with van der Waals surface area (Å²) >= 11 is 0. The minimum atomic E-state index is -0.539. The highest BCUT2D eigenvalue weighted by atomic mass is 16.3. The van der Waals surface area contributed by atoms with Crippen molar-refractivity contribution >= 4 is 5.91 Å². The average molecular weight is 238 g/mol. The van der Waals surface area contributed by atoms with Crippen molar-refractivity contribution in [1.29, 1.82) is 0 Å². The normalized spacial score (nSPS) is 28.2. The number of nitrogens with one attached hydrogen (secondary N) is 1. The minimum absolute atomic E-state index is 0.155. The molecule has 0 aromatic carbocycles. The first-order valence-corrected chi connectivity index (χ1v) is 6.91. The SMILES string of the molecule is O=C(CNC1CCCC1)N1CC(O)(C2CC2)C1. The molecule has 0 radical (unpaired) electrons. The molecule has 3 aliphatic rings. The van der Waals surface area contributed by atoms with E-state index in [2.05, 4.69) is 5.32 Å². The molecule has 1 amide bonds. The van der Waals surface area contributed by atoms with Crippen LogP contribution in [-0.4, -0.2) is 47.2 Å². The zero-order chi connectivity index (χ0) is 11.9. The van der Waals surface area contributed by atoms with Crippen LogP contribution in [0.15, 0.2) is 0 Å². The van der Waals surface area contributed by atoms with Crippen LogP contribution in [0, 0.1) is 5.92 Å². The zero-order valence-corrected chi connectivity index (χ0v) is 10.3. The van der Waals surface area contributed by atoms with Gasteiger partial charge in [-0.3, -0.25) is 4.79 Å². The number of aliphatic hydroxyl groups is 1. The maximum atomic E-state index is 11.9. The molecule has 4 heteroatoms. The van der Waals surface area contributed by atoms with Gasteiger partial charge < -0.3 is 15.3 Å². The van der Waals surface area contributed by atoms with Crippen LogP contribution in [0.25, 0.3) is 0 Å². The Morgan fingerprint density at radius 3 is 2.47 bits per heavy atom. The Morgan fingerprint density at radius 1 is 1.24 bits per heavy atom. The van der Waals surface area contributed by atoms with Crippen LogP contribution >= 0.6 is 0 Å². The predicted octanol–water partition coefficient (Wildman–Crippen LogP) is 0.502. The van der Waals surface area contributed by atoms with Crippen molar-refractivity contribution in [1.82, 2.24) is 10.2 Å². The Kier molecular flexibility index (Phi) is 2.87. The van der Waals surface area contributed by atoms with Gasteiger partial charge in [-0.1, -0.05) is 12.8 Å². The molecule has 1 saturated heterocycles. The lowest BCUT2D eigenvalue weighted by Gasteiger charge is -2.47. The Balaban J connectivity index is 1.39. The second-order valence-electron chi connectivity index (χ2n) is 5.99. The van der Waals surface area contributed by atoms with E-state index in [4.69, 9.17) is 0 Å². The van der Waals surface area contributed by atoms with Crippen molar-refractivity contribution in [3.63, 3.8) is 0 Å². The maximum Gasteiger partial charge on any atom is 0.236 e. The maximum absolute atomic E-state index is 11.9. The van der Waals surface area contributed by atoms with Crippen LogP contribution in [0.3, 0.4) is 0 Å². The van der Waals surface area contributed by atoms with Crippen molar-refractivity contribution in [3.8, 4) is 0 Å². The van der Waals surface area contributed by atoms with E-state index in [0.29, 0.717) is 31.6 Å². The molecule has 3 fully saturated rings. The van der Waals surface area contributed by atoms with E-state index >= 15 is 0 Å². The second kappa shape index (κ2) is 4.25. The van der Waals surface area contributed by atoms with Gasteiger partial charge in [0, 0.05) is 6.04 Å². The Bertz CT molecular complexity index is 303. The molecule has 0 spiro atoms. The summed E-state index contributed by atoms with van der Waals surface area (Å²) in [7, 11) is 0. The van der Waals surface area contributed by atoms with Gasteiger partial charge in [0.15, 0.2) is 0 Å². The van der Waals surface area contributed by atoms with Crippen LogP contribution in [0.1, 0.15) is 38.5 Å². The van der Waals surface area contributed by atoms with Gasteiger partial charge in [0.25, 0.3) is 0 Å². The summed E-state index contributed by atoms with van der Waals surface area (Å²) in [5, 5.41) is 13.5. The molecule has 0 aromatic rings. The predicted molar refractivity (Wildman–Crippen MR) is 64.5 cm³/mol.